The summed E-state index contributed by atoms with van der Waals surface area (Å²) in [6.45, 7) is 0. The molecule has 0 amide bonds. The van der Waals surface area contributed by atoms with Gasteiger partial charge in [0.25, 0.3) is 0 Å². The van der Waals surface area contributed by atoms with Crippen LogP contribution in [0.15, 0.2) is 212 Å². The van der Waals surface area contributed by atoms with E-state index in [4.69, 9.17) is 19.1 Å². The smallest absolute Gasteiger partial charge is 0.164 e. The van der Waals surface area contributed by atoms with Crippen LogP contribution in [-0.2, 0) is 0 Å². The molecule has 63 heavy (non-hydrogen) atoms. The molecule has 0 spiro atoms. The molecule has 0 saturated heterocycles. The van der Waals surface area contributed by atoms with E-state index in [1.54, 1.807) is 0 Å². The molecule has 0 saturated carbocycles. The zero-order chi connectivity index (χ0) is 46.7. The molecule has 0 bridgehead atoms. The molecule has 11 aromatic rings. The molecule has 2 aliphatic rings. The Balaban J connectivity index is 1.10. The average molecular weight is 826 g/mol. The Kier molecular flexibility index (Phi) is 6.92. The molecule has 3 nitrogen and oxygen atoms in total. The molecule has 13 rings (SSSR count). The van der Waals surface area contributed by atoms with E-state index in [1.807, 2.05) is 72.8 Å². The van der Waals surface area contributed by atoms with Gasteiger partial charge in [0.05, 0.1) is 8.22 Å². The SMILES string of the molecule is [2H]c1cc([2H])c2sc3c(-c4cc(-c5nc(-c6ccccc6)nc(-c6cccc7c6-c6ccccc6C7c6ccccc6)n5)ccc4C4c5ccccc5-c5ccccc54)c([2H])c([2H])c([2H])c3c2c1[2H]. The number of aromatic nitrogens is 3. The van der Waals surface area contributed by atoms with Crippen LogP contribution in [0.5, 0.6) is 0 Å². The van der Waals surface area contributed by atoms with Gasteiger partial charge in [0.2, 0.25) is 0 Å². The van der Waals surface area contributed by atoms with Crippen LogP contribution in [0.2, 0.25) is 0 Å². The van der Waals surface area contributed by atoms with Gasteiger partial charge in [-0.05, 0) is 78.9 Å². The van der Waals surface area contributed by atoms with Gasteiger partial charge in [-0.3, -0.25) is 0 Å². The molecule has 294 valence electrons. The first kappa shape index (κ1) is 30.3. The molecular formula is C59H37N3S. The third kappa shape index (κ3) is 5.69. The highest BCUT2D eigenvalue weighted by Gasteiger charge is 2.34. The lowest BCUT2D eigenvalue weighted by molar-refractivity contribution is 1.01. The van der Waals surface area contributed by atoms with Gasteiger partial charge in [0.1, 0.15) is 0 Å². The lowest BCUT2D eigenvalue weighted by Crippen LogP contribution is -2.04. The molecular weight excluding hydrogens is 783 g/mol. The first-order valence-electron chi connectivity index (χ1n) is 24.1. The number of fused-ring (bicyclic) bond motifs is 9. The minimum atomic E-state index is -0.289. The fourth-order valence-corrected chi connectivity index (χ4v) is 11.1. The minimum absolute atomic E-state index is 0.0278. The second kappa shape index (κ2) is 14.4. The Labute approximate surface area is 378 Å². The lowest BCUT2D eigenvalue weighted by atomic mass is 9.83. The molecule has 1 unspecified atom stereocenters. The number of nitrogens with zero attached hydrogens (tertiary/aromatic N) is 3. The van der Waals surface area contributed by atoms with E-state index in [0.717, 1.165) is 50.1 Å². The highest BCUT2D eigenvalue weighted by atomic mass is 32.1. The number of thiophene rings is 1. The maximum atomic E-state index is 9.74. The standard InChI is InChI=1S/C59H37N3S/c1-3-17-36(18-4-1)53-44-26-11-12-27-45(44)55-49(53)30-16-31-50(55)59-61-57(37-19-5-2-6-20-37)60-58(62-59)38-33-34-46(54-42-24-9-7-21-39(42)40-22-8-10-25-43(40)54)51(35-38)48-29-15-28-47-41-23-13-14-32-52(41)63-56(47)48/h1-35,53-54H/i13D,15D,23D,28D,29D,32D. The van der Waals surface area contributed by atoms with E-state index in [-0.39, 0.29) is 48.1 Å². The monoisotopic (exact) mass is 825 g/mol. The highest BCUT2D eigenvalue weighted by Crippen LogP contribution is 2.53. The van der Waals surface area contributed by atoms with Crippen molar-refractivity contribution in [1.82, 2.24) is 15.0 Å². The summed E-state index contributed by atoms with van der Waals surface area (Å²) < 4.78 is 55.8. The van der Waals surface area contributed by atoms with Gasteiger partial charge in [-0.2, -0.15) is 0 Å². The van der Waals surface area contributed by atoms with Crippen molar-refractivity contribution in [1.29, 1.82) is 0 Å². The van der Waals surface area contributed by atoms with Crippen LogP contribution in [0.3, 0.4) is 0 Å². The predicted octanol–water partition coefficient (Wildman–Crippen LogP) is 15.2. The molecule has 0 N–H and O–H groups in total. The molecule has 0 fully saturated rings. The van der Waals surface area contributed by atoms with Gasteiger partial charge in [0.15, 0.2) is 17.5 Å². The van der Waals surface area contributed by atoms with Crippen molar-refractivity contribution in [3.63, 3.8) is 0 Å². The van der Waals surface area contributed by atoms with Gasteiger partial charge >= 0.3 is 0 Å². The Morgan fingerprint density at radius 2 is 0.968 bits per heavy atom. The van der Waals surface area contributed by atoms with Crippen LogP contribution < -0.4 is 0 Å². The van der Waals surface area contributed by atoms with Crippen molar-refractivity contribution in [2.45, 2.75) is 11.8 Å². The number of hydrogen-bond donors (Lipinski definition) is 0. The van der Waals surface area contributed by atoms with E-state index < -0.39 is 0 Å². The van der Waals surface area contributed by atoms with Crippen LogP contribution in [0, 0.1) is 0 Å². The van der Waals surface area contributed by atoms with Crippen molar-refractivity contribution in [3.05, 3.63) is 246 Å². The summed E-state index contributed by atoms with van der Waals surface area (Å²) in [5, 5.41) is 0.602. The quantitative estimate of drug-likeness (QED) is 0.168. The first-order valence-corrected chi connectivity index (χ1v) is 21.9. The normalized spacial score (nSPS) is 15.1. The van der Waals surface area contributed by atoms with Crippen LogP contribution in [0.25, 0.3) is 87.7 Å². The zero-order valence-corrected chi connectivity index (χ0v) is 34.5. The molecule has 0 radical (unpaired) electrons. The second-order valence-electron chi connectivity index (χ2n) is 16.1. The van der Waals surface area contributed by atoms with Crippen LogP contribution >= 0.6 is 11.3 Å². The predicted molar refractivity (Wildman–Crippen MR) is 260 cm³/mol. The number of hydrogen-bond acceptors (Lipinski definition) is 4. The van der Waals surface area contributed by atoms with Gasteiger partial charge in [-0.15, -0.1) is 11.3 Å². The van der Waals surface area contributed by atoms with Gasteiger partial charge in [0, 0.05) is 48.7 Å². The van der Waals surface area contributed by atoms with Gasteiger partial charge < -0.3 is 0 Å². The third-order valence-electron chi connectivity index (χ3n) is 12.7. The summed E-state index contributed by atoms with van der Waals surface area (Å²) in [5.74, 6) is 1.21. The summed E-state index contributed by atoms with van der Waals surface area (Å²) in [4.78, 5) is 15.8. The van der Waals surface area contributed by atoms with E-state index in [9.17, 15) is 4.11 Å². The molecule has 2 aliphatic carbocycles. The molecule has 2 aromatic heterocycles. The Hall–Kier alpha value is -7.79. The molecule has 2 heterocycles. The van der Waals surface area contributed by atoms with Crippen LogP contribution in [0.1, 0.15) is 53.4 Å². The zero-order valence-electron chi connectivity index (χ0n) is 39.6. The molecule has 4 heteroatoms. The van der Waals surface area contributed by atoms with E-state index in [2.05, 4.69) is 97.1 Å². The Morgan fingerprint density at radius 1 is 0.381 bits per heavy atom. The van der Waals surface area contributed by atoms with Crippen LogP contribution in [0.4, 0.5) is 0 Å². The maximum Gasteiger partial charge on any atom is 0.164 e. The summed E-state index contributed by atoms with van der Waals surface area (Å²) in [7, 11) is 0. The van der Waals surface area contributed by atoms with E-state index in [1.165, 1.54) is 34.1 Å². The lowest BCUT2D eigenvalue weighted by Gasteiger charge is -2.20. The summed E-state index contributed by atoms with van der Waals surface area (Å²) in [6.07, 6.45) is 0. The van der Waals surface area contributed by atoms with Crippen molar-refractivity contribution >= 4 is 31.5 Å². The van der Waals surface area contributed by atoms with E-state index in [0.29, 0.717) is 54.3 Å². The molecule has 0 aliphatic heterocycles. The fourth-order valence-electron chi connectivity index (χ4n) is 10.0. The third-order valence-corrected chi connectivity index (χ3v) is 13.8. The Bertz CT molecular complexity index is 3900. The van der Waals surface area contributed by atoms with Gasteiger partial charge in [-0.1, -0.05) is 200 Å². The Morgan fingerprint density at radius 3 is 1.73 bits per heavy atom. The summed E-state index contributed by atoms with van der Waals surface area (Å²) >= 11 is 1.24. The number of benzene rings is 9. The fraction of sp³-hybridized carbons (Fsp3) is 0.0339. The minimum Gasteiger partial charge on any atom is -0.208 e. The number of rotatable bonds is 6. The van der Waals surface area contributed by atoms with Crippen molar-refractivity contribution in [2.24, 2.45) is 0 Å². The highest BCUT2D eigenvalue weighted by molar-refractivity contribution is 7.26. The molecule has 1 atom stereocenters. The molecule has 9 aromatic carbocycles. The van der Waals surface area contributed by atoms with Crippen molar-refractivity contribution < 1.29 is 8.22 Å². The average Bonchev–Trinajstić information content (AvgIpc) is 4.07. The summed E-state index contributed by atoms with van der Waals surface area (Å²) in [5.41, 5.74) is 14.6. The van der Waals surface area contributed by atoms with Crippen molar-refractivity contribution in [2.75, 3.05) is 0 Å². The van der Waals surface area contributed by atoms with Crippen LogP contribution in [-0.4, -0.2) is 15.0 Å². The summed E-state index contributed by atoms with van der Waals surface area (Å²) in [6, 6.07) is 58.9. The first-order chi connectivity index (χ1) is 33.7. The topological polar surface area (TPSA) is 38.7 Å². The maximum absolute atomic E-state index is 9.74. The van der Waals surface area contributed by atoms with Gasteiger partial charge in [-0.25, -0.2) is 15.0 Å². The largest absolute Gasteiger partial charge is 0.208 e. The van der Waals surface area contributed by atoms with E-state index >= 15 is 0 Å². The van der Waals surface area contributed by atoms with Crippen molar-refractivity contribution in [3.8, 4) is 67.5 Å². The second-order valence-corrected chi connectivity index (χ2v) is 17.1.